The lowest BCUT2D eigenvalue weighted by Crippen LogP contribution is -2.60. The Morgan fingerprint density at radius 2 is 0.710 bits per heavy atom. The van der Waals surface area contributed by atoms with E-state index < -0.39 is 50.7 Å². The van der Waals surface area contributed by atoms with Gasteiger partial charge < -0.3 is 37.7 Å². The third-order valence-electron chi connectivity index (χ3n) is 22.7. The molecule has 1 saturated carbocycles. The zero-order valence-corrected chi connectivity index (χ0v) is 64.3. The molecule has 18 atom stereocenters. The van der Waals surface area contributed by atoms with Crippen LogP contribution in [0.1, 0.15) is 366 Å². The minimum absolute atomic E-state index is 0.0101. The van der Waals surface area contributed by atoms with Crippen molar-refractivity contribution < 1.29 is 56.4 Å². The standard InChI is InChI=1S/C80H153O12P/c1-15-19-22-25-28-31-34-37-40-42-45-48-51-54-57-84-71(60-86-74(81)56-53-50-47-44-41-38-35-32-29-26-23-20-16-2)61-87-93(14,83)92-78-76(90-79-69(12)62(5)65(8)72(18-4)88-79)67(10)64(7)68(11)77(78)91-80-70(13)63(6)66(9)73(89-80)59-75(82)85-58-55-52-49-46-43-39-36-33-30-27-24-21-17-3/h62-73,76-80H,15-61H2,1-14H3/t62?,63-,64+,65-,66+,67-,68?,69+,70?,71+,72?,73?,76?,77?,78-,79+,80-,93?/m0/s1. The van der Waals surface area contributed by atoms with Crippen LogP contribution in [0.25, 0.3) is 0 Å². The molecule has 0 amide bonds. The lowest BCUT2D eigenvalue weighted by Gasteiger charge is -2.53. The molecule has 0 aromatic heterocycles. The van der Waals surface area contributed by atoms with E-state index in [9.17, 15) is 9.59 Å². The minimum atomic E-state index is -3.91. The molecule has 8 unspecified atom stereocenters. The molecule has 3 aliphatic rings. The summed E-state index contributed by atoms with van der Waals surface area (Å²) in [6.45, 7) is 31.4. The van der Waals surface area contributed by atoms with E-state index in [0.717, 1.165) is 57.8 Å². The van der Waals surface area contributed by atoms with Gasteiger partial charge in [0.05, 0.1) is 44.1 Å². The van der Waals surface area contributed by atoms with Crippen LogP contribution >= 0.6 is 7.60 Å². The first-order valence-electron chi connectivity index (χ1n) is 40.4. The molecule has 93 heavy (non-hydrogen) atoms. The molecule has 0 N–H and O–H groups in total. The average Bonchev–Trinajstić information content (AvgIpc) is 0.783. The second kappa shape index (κ2) is 52.8. The van der Waals surface area contributed by atoms with E-state index in [1.54, 1.807) is 6.66 Å². The second-order valence-corrected chi connectivity index (χ2v) is 32.5. The van der Waals surface area contributed by atoms with E-state index in [4.69, 9.17) is 42.2 Å². The van der Waals surface area contributed by atoms with Crippen LogP contribution in [0.2, 0.25) is 0 Å². The summed E-state index contributed by atoms with van der Waals surface area (Å²) in [7, 11) is -3.91. The van der Waals surface area contributed by atoms with E-state index >= 15 is 4.57 Å². The summed E-state index contributed by atoms with van der Waals surface area (Å²) in [4.78, 5) is 26.9. The van der Waals surface area contributed by atoms with Crippen LogP contribution in [-0.2, 0) is 56.4 Å². The number of rotatable bonds is 58. The topological polar surface area (TPSA) is 134 Å². The van der Waals surface area contributed by atoms with Crippen molar-refractivity contribution in [2.45, 2.75) is 415 Å². The van der Waals surface area contributed by atoms with Crippen LogP contribution in [-0.4, -0.2) is 94.2 Å². The van der Waals surface area contributed by atoms with Crippen molar-refractivity contribution >= 4 is 19.5 Å². The van der Waals surface area contributed by atoms with E-state index in [1.165, 1.54) is 205 Å². The normalized spacial score (nSPS) is 28.5. The molecule has 0 spiro atoms. The Morgan fingerprint density at radius 1 is 0.366 bits per heavy atom. The molecular weight excluding hydrogens is 1180 g/mol. The maximum absolute atomic E-state index is 15.3. The highest BCUT2D eigenvalue weighted by atomic mass is 31.2. The molecule has 2 saturated heterocycles. The van der Waals surface area contributed by atoms with Gasteiger partial charge in [0.15, 0.2) is 12.6 Å². The molecule has 13 heteroatoms. The van der Waals surface area contributed by atoms with Crippen molar-refractivity contribution in [1.29, 1.82) is 0 Å². The van der Waals surface area contributed by atoms with E-state index in [2.05, 4.69) is 90.0 Å². The molecule has 550 valence electrons. The van der Waals surface area contributed by atoms with Crippen molar-refractivity contribution in [2.75, 3.05) is 33.1 Å². The van der Waals surface area contributed by atoms with Gasteiger partial charge in [0, 0.05) is 31.5 Å². The third-order valence-corrected chi connectivity index (χ3v) is 24.0. The number of hydrogen-bond donors (Lipinski definition) is 0. The summed E-state index contributed by atoms with van der Waals surface area (Å²) in [5, 5.41) is 0. The van der Waals surface area contributed by atoms with Crippen molar-refractivity contribution in [3.8, 4) is 0 Å². The number of hydrogen-bond acceptors (Lipinski definition) is 12. The Balaban J connectivity index is 1.72. The van der Waals surface area contributed by atoms with Crippen molar-refractivity contribution in [3.05, 3.63) is 0 Å². The van der Waals surface area contributed by atoms with Gasteiger partial charge >= 0.3 is 19.5 Å². The highest BCUT2D eigenvalue weighted by Gasteiger charge is 2.54. The van der Waals surface area contributed by atoms with Gasteiger partial charge in [-0.25, -0.2) is 0 Å². The van der Waals surface area contributed by atoms with Crippen LogP contribution in [0.5, 0.6) is 0 Å². The fourth-order valence-corrected chi connectivity index (χ4v) is 16.1. The highest BCUT2D eigenvalue weighted by molar-refractivity contribution is 7.53. The van der Waals surface area contributed by atoms with Crippen LogP contribution in [0.4, 0.5) is 0 Å². The highest BCUT2D eigenvalue weighted by Crippen LogP contribution is 2.53. The molecule has 1 aliphatic carbocycles. The Hall–Kier alpha value is -1.11. The van der Waals surface area contributed by atoms with Crippen molar-refractivity contribution in [2.24, 2.45) is 53.3 Å². The summed E-state index contributed by atoms with van der Waals surface area (Å²) >= 11 is 0. The zero-order valence-electron chi connectivity index (χ0n) is 63.4. The summed E-state index contributed by atoms with van der Waals surface area (Å²) in [5.41, 5.74) is 0. The van der Waals surface area contributed by atoms with Crippen LogP contribution in [0.3, 0.4) is 0 Å². The Bertz CT molecular complexity index is 1850. The molecule has 0 aromatic rings. The van der Waals surface area contributed by atoms with Crippen LogP contribution in [0.15, 0.2) is 0 Å². The zero-order chi connectivity index (χ0) is 68.1. The second-order valence-electron chi connectivity index (χ2n) is 30.5. The summed E-state index contributed by atoms with van der Waals surface area (Å²) in [5.74, 6) is 0.566. The van der Waals surface area contributed by atoms with Gasteiger partial charge in [0.25, 0.3) is 0 Å². The Kier molecular flexibility index (Phi) is 48.9. The van der Waals surface area contributed by atoms with E-state index in [1.807, 2.05) is 0 Å². The fraction of sp³-hybridized carbons (Fsp3) is 0.975. The van der Waals surface area contributed by atoms with Gasteiger partial charge in [0.2, 0.25) is 0 Å². The first kappa shape index (κ1) is 86.1. The van der Waals surface area contributed by atoms with Gasteiger partial charge in [-0.3, -0.25) is 18.7 Å². The first-order valence-corrected chi connectivity index (χ1v) is 42.3. The lowest BCUT2D eigenvalue weighted by molar-refractivity contribution is -0.320. The van der Waals surface area contributed by atoms with Gasteiger partial charge in [0.1, 0.15) is 18.8 Å². The SMILES string of the molecule is CCCCCCCCCCCCCCCCO[C@H](COC(=O)CCCCCCCCCCCCCCC)COP(C)(=O)O[C@@H]1C(O[C@@H]2OC(CC(=O)OCCCCCCCCCCCCCCC)[C@H](C)[C@H](C)C2C)C(C)[C@H](C)[C@H](C)C1O[C@H]1OC(CC)[C@@H](C)C(C)[C@H]1C. The maximum Gasteiger partial charge on any atom is 0.328 e. The van der Waals surface area contributed by atoms with Crippen molar-refractivity contribution in [3.63, 3.8) is 0 Å². The monoisotopic (exact) mass is 1340 g/mol. The van der Waals surface area contributed by atoms with Crippen molar-refractivity contribution in [1.82, 2.24) is 0 Å². The molecule has 3 rings (SSSR count). The molecule has 2 heterocycles. The summed E-state index contributed by atoms with van der Waals surface area (Å²) in [6.07, 6.45) is 47.6. The molecule has 3 fully saturated rings. The molecule has 0 aromatic carbocycles. The predicted molar refractivity (Wildman–Crippen MR) is 387 cm³/mol. The van der Waals surface area contributed by atoms with Gasteiger partial charge in [-0.1, -0.05) is 328 Å². The maximum atomic E-state index is 15.3. The minimum Gasteiger partial charge on any atom is -0.466 e. The number of carbonyl (C=O) groups is 2. The Labute approximate surface area is 574 Å². The largest absolute Gasteiger partial charge is 0.466 e. The molecule has 0 bridgehead atoms. The summed E-state index contributed by atoms with van der Waals surface area (Å²) in [6, 6.07) is 0. The summed E-state index contributed by atoms with van der Waals surface area (Å²) < 4.78 is 75.3. The number of carbonyl (C=O) groups excluding carboxylic acids is 2. The molecule has 12 nitrogen and oxygen atoms in total. The van der Waals surface area contributed by atoms with E-state index in [0.29, 0.717) is 31.5 Å². The number of ether oxygens (including phenoxy) is 7. The van der Waals surface area contributed by atoms with Gasteiger partial charge in [-0.15, -0.1) is 0 Å². The Morgan fingerprint density at radius 3 is 1.11 bits per heavy atom. The van der Waals surface area contributed by atoms with Gasteiger partial charge in [-0.2, -0.15) is 0 Å². The van der Waals surface area contributed by atoms with Crippen LogP contribution in [0, 0.1) is 53.3 Å². The molecule has 2 aliphatic heterocycles. The molecular formula is C80H153O12P. The van der Waals surface area contributed by atoms with E-state index in [-0.39, 0.29) is 79.1 Å². The molecule has 0 radical (unpaired) electrons. The fourth-order valence-electron chi connectivity index (χ4n) is 14.9. The third kappa shape index (κ3) is 36.2. The average molecular weight is 1340 g/mol. The number of esters is 2. The quantitative estimate of drug-likeness (QED) is 0.0326. The smallest absolute Gasteiger partial charge is 0.328 e. The lowest BCUT2D eigenvalue weighted by atomic mass is 9.69. The van der Waals surface area contributed by atoms with Gasteiger partial charge in [-0.05, 0) is 67.1 Å². The predicted octanol–water partition coefficient (Wildman–Crippen LogP) is 23.5. The van der Waals surface area contributed by atoms with Crippen LogP contribution < -0.4 is 0 Å². The number of unbranched alkanes of at least 4 members (excludes halogenated alkanes) is 37. The first-order chi connectivity index (χ1) is 44.9.